The second-order valence-corrected chi connectivity index (χ2v) is 11.7. The lowest BCUT2D eigenvalue weighted by Gasteiger charge is -2.41. The Bertz CT molecular complexity index is 1860. The van der Waals surface area contributed by atoms with Crippen molar-refractivity contribution in [1.29, 1.82) is 5.26 Å². The highest BCUT2D eigenvalue weighted by atomic mass is 35.5. The minimum absolute atomic E-state index is 0.0434. The van der Waals surface area contributed by atoms with E-state index in [2.05, 4.69) is 27.5 Å². The summed E-state index contributed by atoms with van der Waals surface area (Å²) in [4.78, 5) is 27.1. The summed E-state index contributed by atoms with van der Waals surface area (Å²) in [7, 11) is 2.00. The van der Waals surface area contributed by atoms with Crippen molar-refractivity contribution >= 4 is 45.0 Å². The first-order valence-corrected chi connectivity index (χ1v) is 15.0. The SMILES string of the molecule is C=CC(=O)N1CCN(c2nc(OC[C@@H]3CCCN3C)nc3c(F)c(-c4cccc5ccc(F)c(Cl)c45)c(F)cc23)C[C@@H]1CC#N. The van der Waals surface area contributed by atoms with Crippen molar-refractivity contribution in [2.75, 3.05) is 44.7 Å². The summed E-state index contributed by atoms with van der Waals surface area (Å²) in [5, 5.41) is 10.0. The number of hydrogen-bond acceptors (Lipinski definition) is 7. The van der Waals surface area contributed by atoms with Gasteiger partial charge in [0, 0.05) is 36.4 Å². The van der Waals surface area contributed by atoms with E-state index in [4.69, 9.17) is 16.3 Å². The van der Waals surface area contributed by atoms with Crippen LogP contribution in [0.4, 0.5) is 19.0 Å². The minimum Gasteiger partial charge on any atom is -0.462 e. The Morgan fingerprint density at radius 2 is 1.98 bits per heavy atom. The summed E-state index contributed by atoms with van der Waals surface area (Å²) >= 11 is 6.32. The molecule has 0 saturated carbocycles. The van der Waals surface area contributed by atoms with Gasteiger partial charge in [0.25, 0.3) is 0 Å². The van der Waals surface area contributed by atoms with Gasteiger partial charge >= 0.3 is 6.01 Å². The van der Waals surface area contributed by atoms with Crippen molar-refractivity contribution in [2.24, 2.45) is 0 Å². The van der Waals surface area contributed by atoms with Crippen molar-refractivity contribution in [3.8, 4) is 23.2 Å². The second kappa shape index (κ2) is 12.5. The average Bonchev–Trinajstić information content (AvgIpc) is 3.45. The molecule has 8 nitrogen and oxygen atoms in total. The summed E-state index contributed by atoms with van der Waals surface area (Å²) < 4.78 is 53.3. The Morgan fingerprint density at radius 1 is 1.16 bits per heavy atom. The van der Waals surface area contributed by atoms with Crippen LogP contribution in [0.2, 0.25) is 5.02 Å². The number of likely N-dealkylation sites (tertiary alicyclic amines) is 1. The molecule has 1 amide bonds. The quantitative estimate of drug-likeness (QED) is 0.227. The van der Waals surface area contributed by atoms with Crippen LogP contribution in [0.15, 0.2) is 49.1 Å². The van der Waals surface area contributed by atoms with Gasteiger partial charge in [-0.1, -0.05) is 42.4 Å². The summed E-state index contributed by atoms with van der Waals surface area (Å²) in [5.74, 6) is -2.68. The van der Waals surface area contributed by atoms with Gasteiger partial charge in [0.15, 0.2) is 5.82 Å². The Morgan fingerprint density at radius 3 is 2.71 bits per heavy atom. The maximum Gasteiger partial charge on any atom is 0.319 e. The van der Waals surface area contributed by atoms with E-state index in [1.807, 2.05) is 7.05 Å². The molecule has 2 aliphatic rings. The van der Waals surface area contributed by atoms with E-state index in [-0.39, 0.29) is 83.3 Å². The zero-order valence-electron chi connectivity index (χ0n) is 24.6. The number of carbonyl (C=O) groups excluding carboxylic acids is 1. The standard InChI is InChI=1S/C33H30ClF3N6O2/c1-3-26(44)43-15-14-42(17-20(43)11-12-38)32-23-16-25(36)28(22-8-4-6-19-9-10-24(35)29(34)27(19)22)30(37)31(23)39-33(40-32)45-18-21-7-5-13-41(21)2/h3-4,6,8-10,16,20-21H,1,5,7,11,13-15,17-18H2,2H3/t20-,21-/m0/s1. The van der Waals surface area contributed by atoms with Crippen molar-refractivity contribution < 1.29 is 22.7 Å². The van der Waals surface area contributed by atoms with Gasteiger partial charge in [0.1, 0.15) is 29.6 Å². The summed E-state index contributed by atoms with van der Waals surface area (Å²) in [6.45, 7) is 5.47. The fourth-order valence-electron chi connectivity index (χ4n) is 6.33. The molecule has 2 saturated heterocycles. The molecule has 0 radical (unpaired) electrons. The van der Waals surface area contributed by atoms with Crippen molar-refractivity contribution in [3.05, 3.63) is 71.5 Å². The molecule has 4 aromatic rings. The maximum atomic E-state index is 16.7. The minimum atomic E-state index is -0.974. The fraction of sp³-hybridized carbons (Fsp3) is 0.333. The highest BCUT2D eigenvalue weighted by Gasteiger charge is 2.32. The lowest BCUT2D eigenvalue weighted by Crippen LogP contribution is -2.55. The first-order valence-electron chi connectivity index (χ1n) is 14.7. The normalized spacial score (nSPS) is 18.8. The van der Waals surface area contributed by atoms with Crippen LogP contribution in [-0.2, 0) is 4.79 Å². The number of anilines is 1. The Kier molecular flexibility index (Phi) is 8.53. The number of amides is 1. The second-order valence-electron chi connectivity index (χ2n) is 11.3. The van der Waals surface area contributed by atoms with E-state index < -0.39 is 29.1 Å². The third-order valence-corrected chi connectivity index (χ3v) is 9.06. The molecule has 0 aliphatic carbocycles. The van der Waals surface area contributed by atoms with E-state index in [9.17, 15) is 14.4 Å². The number of rotatable bonds is 7. The molecule has 0 N–H and O–H groups in total. The van der Waals surface area contributed by atoms with Crippen LogP contribution in [-0.4, -0.2) is 77.6 Å². The monoisotopic (exact) mass is 634 g/mol. The lowest BCUT2D eigenvalue weighted by molar-refractivity contribution is -0.128. The first-order chi connectivity index (χ1) is 21.7. The van der Waals surface area contributed by atoms with E-state index in [1.165, 1.54) is 24.3 Å². The van der Waals surface area contributed by atoms with Gasteiger partial charge in [-0.3, -0.25) is 4.79 Å². The smallest absolute Gasteiger partial charge is 0.319 e. The van der Waals surface area contributed by atoms with Crippen molar-refractivity contribution in [1.82, 2.24) is 19.8 Å². The molecule has 45 heavy (non-hydrogen) atoms. The number of nitrogens with zero attached hydrogens (tertiary/aromatic N) is 6. The summed E-state index contributed by atoms with van der Waals surface area (Å²) in [6.07, 6.45) is 3.19. The van der Waals surface area contributed by atoms with E-state index >= 15 is 8.78 Å². The number of benzene rings is 3. The number of fused-ring (bicyclic) bond motifs is 2. The molecule has 12 heteroatoms. The Hall–Kier alpha value is -4.40. The van der Waals surface area contributed by atoms with Gasteiger partial charge in [-0.05, 0) is 55.6 Å². The van der Waals surface area contributed by atoms with Crippen LogP contribution in [0.3, 0.4) is 0 Å². The number of halogens is 4. The molecule has 2 aliphatic heterocycles. The van der Waals surface area contributed by atoms with Gasteiger partial charge in [-0.25, -0.2) is 13.2 Å². The maximum absolute atomic E-state index is 16.7. The molecule has 0 unspecified atom stereocenters. The number of aromatic nitrogens is 2. The van der Waals surface area contributed by atoms with Gasteiger partial charge in [0.2, 0.25) is 5.91 Å². The number of likely N-dealkylation sites (N-methyl/N-ethyl adjacent to an activating group) is 1. The molecule has 3 heterocycles. The largest absolute Gasteiger partial charge is 0.462 e. The van der Waals surface area contributed by atoms with E-state index in [0.717, 1.165) is 25.5 Å². The molecule has 1 aromatic heterocycles. The number of hydrogen-bond donors (Lipinski definition) is 0. The van der Waals surface area contributed by atoms with Crippen LogP contribution in [0.1, 0.15) is 19.3 Å². The summed E-state index contributed by atoms with van der Waals surface area (Å²) in [5.41, 5.74) is -0.512. The van der Waals surface area contributed by atoms with Crippen molar-refractivity contribution in [2.45, 2.75) is 31.3 Å². The van der Waals surface area contributed by atoms with E-state index in [1.54, 1.807) is 21.9 Å². The molecular formula is C33H30ClF3N6O2. The third-order valence-electron chi connectivity index (χ3n) is 8.69. The molecule has 2 fully saturated rings. The lowest BCUT2D eigenvalue weighted by atomic mass is 9.96. The Balaban J connectivity index is 1.51. The van der Waals surface area contributed by atoms with Gasteiger partial charge < -0.3 is 19.4 Å². The molecule has 6 rings (SSSR count). The number of nitriles is 1. The fourth-order valence-corrected chi connectivity index (χ4v) is 6.60. The zero-order valence-corrected chi connectivity index (χ0v) is 25.3. The van der Waals surface area contributed by atoms with E-state index in [0.29, 0.717) is 5.39 Å². The number of carbonyl (C=O) groups is 1. The molecule has 0 bridgehead atoms. The molecule has 2 atom stereocenters. The zero-order chi connectivity index (χ0) is 31.8. The van der Waals surface area contributed by atoms with Gasteiger partial charge in [-0.15, -0.1) is 0 Å². The topological polar surface area (TPSA) is 85.6 Å². The number of piperazine rings is 1. The van der Waals surface area contributed by atoms with Crippen LogP contribution in [0, 0.1) is 28.8 Å². The molecule has 0 spiro atoms. The Labute approximate surface area is 263 Å². The molecular weight excluding hydrogens is 605 g/mol. The predicted molar refractivity (Wildman–Crippen MR) is 167 cm³/mol. The summed E-state index contributed by atoms with van der Waals surface area (Å²) in [6, 6.07) is 10.3. The van der Waals surface area contributed by atoms with Crippen LogP contribution < -0.4 is 9.64 Å². The van der Waals surface area contributed by atoms with Crippen LogP contribution in [0.25, 0.3) is 32.8 Å². The third kappa shape index (κ3) is 5.64. The predicted octanol–water partition coefficient (Wildman–Crippen LogP) is 6.11. The average molecular weight is 635 g/mol. The molecule has 3 aromatic carbocycles. The van der Waals surface area contributed by atoms with Crippen LogP contribution >= 0.6 is 11.6 Å². The van der Waals surface area contributed by atoms with Crippen molar-refractivity contribution in [3.63, 3.8) is 0 Å². The first kappa shape index (κ1) is 30.6. The molecule has 232 valence electrons. The highest BCUT2D eigenvalue weighted by molar-refractivity contribution is 6.37. The van der Waals surface area contributed by atoms with Gasteiger partial charge in [-0.2, -0.15) is 15.2 Å². The van der Waals surface area contributed by atoms with Gasteiger partial charge in [0.05, 0.1) is 29.1 Å². The highest BCUT2D eigenvalue weighted by Crippen LogP contribution is 2.41. The van der Waals surface area contributed by atoms with Crippen LogP contribution in [0.5, 0.6) is 6.01 Å². The number of ether oxygens (including phenoxy) is 1.